The van der Waals surface area contributed by atoms with Gasteiger partial charge in [-0.05, 0) is 106 Å². The van der Waals surface area contributed by atoms with Gasteiger partial charge in [0.15, 0.2) is 0 Å². The van der Waals surface area contributed by atoms with E-state index in [4.69, 9.17) is 9.47 Å². The van der Waals surface area contributed by atoms with Crippen molar-refractivity contribution in [2.75, 3.05) is 6.61 Å². The molecule has 32 heavy (non-hydrogen) atoms. The van der Waals surface area contributed by atoms with Gasteiger partial charge in [-0.1, -0.05) is 0 Å². The molecule has 8 aliphatic carbocycles. The minimum absolute atomic E-state index is 0.0319. The van der Waals surface area contributed by atoms with Crippen molar-refractivity contribution >= 4 is 11.9 Å². The minimum Gasteiger partial charge on any atom is -0.465 e. The smallest absolute Gasteiger partial charge is 0.376 e. The van der Waals surface area contributed by atoms with E-state index in [1.165, 1.54) is 0 Å². The average molecular weight is 453 g/mol. The van der Waals surface area contributed by atoms with Gasteiger partial charge in [0.2, 0.25) is 0 Å². The maximum atomic E-state index is 13.4. The zero-order valence-electron chi connectivity index (χ0n) is 18.7. The monoisotopic (exact) mass is 452 g/mol. The number of carbonyl (C=O) groups is 2. The summed E-state index contributed by atoms with van der Waals surface area (Å²) in [5.74, 6) is -2.86. The quantitative estimate of drug-likeness (QED) is 0.636. The maximum Gasteiger partial charge on any atom is 0.376 e. The van der Waals surface area contributed by atoms with E-state index in [1.54, 1.807) is 0 Å². The largest absolute Gasteiger partial charge is 0.465 e. The first-order chi connectivity index (χ1) is 15.0. The molecule has 8 fully saturated rings. The first-order valence-corrected chi connectivity index (χ1v) is 12.5. The summed E-state index contributed by atoms with van der Waals surface area (Å²) in [5.41, 5.74) is -1.03. The van der Waals surface area contributed by atoms with Crippen molar-refractivity contribution in [3.8, 4) is 0 Å². The fourth-order valence-corrected chi connectivity index (χ4v) is 9.33. The summed E-state index contributed by atoms with van der Waals surface area (Å²) in [6.07, 6.45) is 8.05. The Morgan fingerprint density at radius 1 is 0.906 bits per heavy atom. The third-order valence-corrected chi connectivity index (χ3v) is 10.1. The van der Waals surface area contributed by atoms with Crippen LogP contribution < -0.4 is 0 Å². The fourth-order valence-electron chi connectivity index (χ4n) is 9.33. The number of esters is 2. The van der Waals surface area contributed by atoms with Gasteiger partial charge in [-0.3, -0.25) is 4.79 Å². The van der Waals surface area contributed by atoms with E-state index in [0.717, 1.165) is 51.4 Å². The molecule has 0 aromatic carbocycles. The minimum atomic E-state index is -3.49. The molecule has 0 heterocycles. The van der Waals surface area contributed by atoms with E-state index in [0.29, 0.717) is 56.0 Å². The second-order valence-corrected chi connectivity index (χ2v) is 12.5. The topological polar surface area (TPSA) is 72.8 Å². The third kappa shape index (κ3) is 3.32. The first-order valence-electron chi connectivity index (χ1n) is 12.5. The number of alkyl halides is 2. The van der Waals surface area contributed by atoms with Crippen LogP contribution >= 0.6 is 0 Å². The highest BCUT2D eigenvalue weighted by Crippen LogP contribution is 2.62. The molecule has 0 aromatic heterocycles. The van der Waals surface area contributed by atoms with Crippen LogP contribution in [0.2, 0.25) is 0 Å². The van der Waals surface area contributed by atoms with E-state index >= 15 is 0 Å². The van der Waals surface area contributed by atoms with Crippen LogP contribution in [-0.4, -0.2) is 41.3 Å². The van der Waals surface area contributed by atoms with Crippen LogP contribution in [0.5, 0.6) is 0 Å². The summed E-state index contributed by atoms with van der Waals surface area (Å²) in [4.78, 5) is 25.2. The number of ether oxygens (including phenoxy) is 2. The molecule has 0 aliphatic heterocycles. The van der Waals surface area contributed by atoms with E-state index < -0.39 is 29.0 Å². The van der Waals surface area contributed by atoms with Crippen molar-refractivity contribution in [2.45, 2.75) is 88.8 Å². The Hall–Kier alpha value is -1.24. The Balaban J connectivity index is 1.11. The summed E-state index contributed by atoms with van der Waals surface area (Å²) in [7, 11) is 0. The molecule has 0 amide bonds. The molecular weight excluding hydrogens is 418 g/mol. The van der Waals surface area contributed by atoms with Crippen LogP contribution in [0.1, 0.15) is 71.1 Å². The molecule has 8 rings (SSSR count). The Morgan fingerprint density at radius 2 is 1.47 bits per heavy atom. The number of aliphatic hydroxyl groups is 1. The number of hydrogen-bond donors (Lipinski definition) is 1. The predicted molar refractivity (Wildman–Crippen MR) is 109 cm³/mol. The van der Waals surface area contributed by atoms with Crippen molar-refractivity contribution in [3.05, 3.63) is 0 Å². The van der Waals surface area contributed by atoms with Crippen LogP contribution in [-0.2, 0) is 19.1 Å². The van der Waals surface area contributed by atoms with Crippen molar-refractivity contribution in [3.63, 3.8) is 0 Å². The molecule has 7 heteroatoms. The molecule has 8 bridgehead atoms. The van der Waals surface area contributed by atoms with E-state index in [2.05, 4.69) is 0 Å². The average Bonchev–Trinajstić information content (AvgIpc) is 2.67. The van der Waals surface area contributed by atoms with Crippen LogP contribution in [0.15, 0.2) is 0 Å². The van der Waals surface area contributed by atoms with Gasteiger partial charge < -0.3 is 14.6 Å². The summed E-state index contributed by atoms with van der Waals surface area (Å²) in [6.45, 7) is 1.02. The third-order valence-electron chi connectivity index (χ3n) is 10.1. The zero-order valence-corrected chi connectivity index (χ0v) is 18.7. The molecule has 0 saturated heterocycles. The van der Waals surface area contributed by atoms with Gasteiger partial charge >= 0.3 is 17.9 Å². The summed E-state index contributed by atoms with van der Waals surface area (Å²) < 4.78 is 38.1. The van der Waals surface area contributed by atoms with Crippen molar-refractivity contribution < 1.29 is 33.0 Å². The number of halogens is 2. The Morgan fingerprint density at radius 3 is 2.03 bits per heavy atom. The van der Waals surface area contributed by atoms with Crippen LogP contribution in [0.25, 0.3) is 0 Å². The number of rotatable bonds is 5. The molecule has 8 aliphatic rings. The number of carbonyl (C=O) groups excluding carboxylic acids is 2. The van der Waals surface area contributed by atoms with Gasteiger partial charge in [-0.2, -0.15) is 8.78 Å². The molecule has 0 radical (unpaired) electrons. The summed E-state index contributed by atoms with van der Waals surface area (Å²) >= 11 is 0. The highest BCUT2D eigenvalue weighted by molar-refractivity contribution is 5.78. The second kappa shape index (κ2) is 6.89. The molecule has 178 valence electrons. The van der Waals surface area contributed by atoms with Gasteiger partial charge in [-0.25, -0.2) is 4.79 Å². The standard InChI is InChI=1S/C25H34F2O5/c1-23(26,27)21(28)32-20-17-4-13-5-18(20)9-24(6-13,8-17)22(29)31-12-19-15-2-14-3-16(19)11-25(30,7-14)10-15/h13-20,30H,2-12H2,1H3. The van der Waals surface area contributed by atoms with Gasteiger partial charge in [0.1, 0.15) is 6.10 Å². The lowest BCUT2D eigenvalue weighted by molar-refractivity contribution is -0.210. The Bertz CT molecular complexity index is 790. The fraction of sp³-hybridized carbons (Fsp3) is 0.920. The lowest BCUT2D eigenvalue weighted by Crippen LogP contribution is -2.58. The molecule has 0 spiro atoms. The first kappa shape index (κ1) is 21.3. The lowest BCUT2D eigenvalue weighted by atomic mass is 9.48. The van der Waals surface area contributed by atoms with E-state index in [1.807, 2.05) is 0 Å². The SMILES string of the molecule is CC(F)(F)C(=O)OC1C2CC3CC1CC(C(=O)OCC1C4CC5CC1CC(O)(C5)C4)(C3)C2. The van der Waals surface area contributed by atoms with Crippen LogP contribution in [0.4, 0.5) is 8.78 Å². The van der Waals surface area contributed by atoms with Gasteiger partial charge in [-0.15, -0.1) is 0 Å². The highest BCUT2D eigenvalue weighted by atomic mass is 19.3. The number of hydrogen-bond acceptors (Lipinski definition) is 5. The molecule has 8 saturated carbocycles. The second-order valence-electron chi connectivity index (χ2n) is 12.5. The van der Waals surface area contributed by atoms with Crippen LogP contribution in [0.3, 0.4) is 0 Å². The zero-order chi connectivity index (χ0) is 22.5. The summed E-state index contributed by atoms with van der Waals surface area (Å²) in [6, 6.07) is 0. The van der Waals surface area contributed by atoms with Crippen molar-refractivity contribution in [2.24, 2.45) is 46.8 Å². The molecule has 0 aromatic rings. The van der Waals surface area contributed by atoms with Crippen molar-refractivity contribution in [1.29, 1.82) is 0 Å². The highest BCUT2D eigenvalue weighted by Gasteiger charge is 2.61. The van der Waals surface area contributed by atoms with Gasteiger partial charge in [0.25, 0.3) is 0 Å². The molecule has 4 atom stereocenters. The van der Waals surface area contributed by atoms with Gasteiger partial charge in [0.05, 0.1) is 17.6 Å². The summed E-state index contributed by atoms with van der Waals surface area (Å²) in [5, 5.41) is 10.8. The molecule has 1 N–H and O–H groups in total. The maximum absolute atomic E-state index is 13.4. The van der Waals surface area contributed by atoms with Crippen LogP contribution in [0, 0.1) is 46.8 Å². The molecule has 5 nitrogen and oxygen atoms in total. The predicted octanol–water partition coefficient (Wildman–Crippen LogP) is 4.11. The lowest BCUT2D eigenvalue weighted by Gasteiger charge is -2.59. The van der Waals surface area contributed by atoms with E-state index in [9.17, 15) is 23.5 Å². The molecule has 4 unspecified atom stereocenters. The van der Waals surface area contributed by atoms with Gasteiger partial charge in [0, 0.05) is 6.92 Å². The Kier molecular flexibility index (Phi) is 4.59. The van der Waals surface area contributed by atoms with E-state index in [-0.39, 0.29) is 17.8 Å². The molecular formula is C25H34F2O5. The van der Waals surface area contributed by atoms with Crippen molar-refractivity contribution in [1.82, 2.24) is 0 Å². The Labute approximate surface area is 187 Å². The normalized spacial score (nSPS) is 50.5.